The van der Waals surface area contributed by atoms with Crippen LogP contribution in [0.4, 0.5) is 13.2 Å². The Balaban J connectivity index is 1.77. The van der Waals surface area contributed by atoms with E-state index in [-0.39, 0.29) is 5.69 Å². The molecule has 0 radical (unpaired) electrons. The summed E-state index contributed by atoms with van der Waals surface area (Å²) in [6.45, 7) is 7.01. The number of dihydropyridines is 1. The first kappa shape index (κ1) is 22.1. The van der Waals surface area contributed by atoms with Gasteiger partial charge in [-0.25, -0.2) is 4.99 Å². The summed E-state index contributed by atoms with van der Waals surface area (Å²) in [5.41, 5.74) is 0.945. The van der Waals surface area contributed by atoms with Crippen LogP contribution in [0.25, 0.3) is 5.57 Å². The molecule has 8 heteroatoms. The van der Waals surface area contributed by atoms with Gasteiger partial charge < -0.3 is 10.6 Å². The molecule has 0 saturated carbocycles. The van der Waals surface area contributed by atoms with Crippen molar-refractivity contribution >= 4 is 11.4 Å². The molecule has 1 aromatic heterocycles. The molecule has 2 aliphatic heterocycles. The third-order valence-corrected chi connectivity index (χ3v) is 5.02. The lowest BCUT2D eigenvalue weighted by atomic mass is 10.0. The molecule has 3 heterocycles. The maximum absolute atomic E-state index is 13.4. The Morgan fingerprint density at radius 2 is 1.80 bits per heavy atom. The molecule has 0 aliphatic carbocycles. The number of rotatable bonds is 9. The van der Waals surface area contributed by atoms with Crippen molar-refractivity contribution in [3.05, 3.63) is 59.5 Å². The molecule has 5 nitrogen and oxygen atoms in total. The highest BCUT2D eigenvalue weighted by molar-refractivity contribution is 5.90. The van der Waals surface area contributed by atoms with Gasteiger partial charge in [0.1, 0.15) is 5.84 Å². The maximum atomic E-state index is 13.4. The first-order chi connectivity index (χ1) is 14.4. The Morgan fingerprint density at radius 3 is 2.47 bits per heavy atom. The van der Waals surface area contributed by atoms with Gasteiger partial charge in [0.2, 0.25) is 0 Å². The van der Waals surface area contributed by atoms with Gasteiger partial charge in [0.05, 0.1) is 35.4 Å². The van der Waals surface area contributed by atoms with Gasteiger partial charge in [-0.15, -0.1) is 0 Å². The minimum Gasteiger partial charge on any atom is -0.358 e. The molecular weight excluding hydrogens is 391 g/mol. The highest BCUT2D eigenvalue weighted by Crippen LogP contribution is 2.35. The highest BCUT2D eigenvalue weighted by Gasteiger charge is 2.35. The standard InChI is InChI=1S/C22H28F3N5/c1-3-5-10-30(11-6-4-2)15-20-28-14-19-18(29-20)12-16(13-27-19)21-17(22(23,24)25)8-7-9-26-21/h7-9,12-14,27H,3-6,10-11,15H2,1-2H3,(H,28,29). The van der Waals surface area contributed by atoms with Crippen LogP contribution in [0, 0.1) is 0 Å². The van der Waals surface area contributed by atoms with Crippen molar-refractivity contribution in [3.8, 4) is 0 Å². The minimum absolute atomic E-state index is 0.0950. The molecule has 30 heavy (non-hydrogen) atoms. The number of allylic oxidation sites excluding steroid dienone is 2. The number of hydrogen-bond acceptors (Lipinski definition) is 5. The SMILES string of the molecule is CCCCN(CCCC)CC1=NC=C2NC=C(c3ncccc3C(F)(F)F)C=C2N1. The van der Waals surface area contributed by atoms with Gasteiger partial charge in [-0.05, 0) is 44.1 Å². The molecular formula is C22H28F3N5. The zero-order valence-corrected chi connectivity index (χ0v) is 17.4. The molecule has 0 spiro atoms. The summed E-state index contributed by atoms with van der Waals surface area (Å²) in [4.78, 5) is 10.8. The Labute approximate surface area is 175 Å². The van der Waals surface area contributed by atoms with Crippen molar-refractivity contribution in [3.63, 3.8) is 0 Å². The molecule has 162 valence electrons. The van der Waals surface area contributed by atoms with Gasteiger partial charge in [-0.1, -0.05) is 26.7 Å². The van der Waals surface area contributed by atoms with Gasteiger partial charge in [-0.3, -0.25) is 9.88 Å². The molecule has 0 fully saturated rings. The molecule has 3 rings (SSSR count). The lowest BCUT2D eigenvalue weighted by Gasteiger charge is -2.27. The van der Waals surface area contributed by atoms with Crippen molar-refractivity contribution in [2.75, 3.05) is 19.6 Å². The van der Waals surface area contributed by atoms with Crippen molar-refractivity contribution in [1.82, 2.24) is 20.5 Å². The molecule has 1 aromatic rings. The van der Waals surface area contributed by atoms with Crippen LogP contribution in [0.1, 0.15) is 50.8 Å². The maximum Gasteiger partial charge on any atom is 0.418 e. The molecule has 0 atom stereocenters. The number of aromatic nitrogens is 1. The minimum atomic E-state index is -4.47. The molecule has 0 saturated heterocycles. The summed E-state index contributed by atoms with van der Waals surface area (Å²) in [5.74, 6) is 0.789. The van der Waals surface area contributed by atoms with Crippen LogP contribution in [0.15, 0.2) is 53.2 Å². The third-order valence-electron chi connectivity index (χ3n) is 5.02. The zero-order valence-electron chi connectivity index (χ0n) is 17.4. The van der Waals surface area contributed by atoms with Crippen LogP contribution in [-0.2, 0) is 6.18 Å². The number of alkyl halides is 3. The third kappa shape index (κ3) is 5.50. The normalized spacial score (nSPS) is 16.1. The first-order valence-electron chi connectivity index (χ1n) is 10.4. The van der Waals surface area contributed by atoms with Crippen molar-refractivity contribution in [1.29, 1.82) is 0 Å². The number of fused-ring (bicyclic) bond motifs is 1. The summed E-state index contributed by atoms with van der Waals surface area (Å²) in [6.07, 6.45) is 6.33. The Kier molecular flexibility index (Phi) is 7.31. The quantitative estimate of drug-likeness (QED) is 0.611. The second-order valence-electron chi connectivity index (χ2n) is 7.43. The number of amidine groups is 1. The number of aliphatic imine (C=N–C) groups is 1. The smallest absolute Gasteiger partial charge is 0.358 e. The fourth-order valence-corrected chi connectivity index (χ4v) is 3.37. The molecule has 2 N–H and O–H groups in total. The largest absolute Gasteiger partial charge is 0.418 e. The molecule has 0 aromatic carbocycles. The molecule has 0 bridgehead atoms. The van der Waals surface area contributed by atoms with Gasteiger partial charge in [0.25, 0.3) is 0 Å². The Hall–Kier alpha value is -2.61. The number of hydrogen-bond donors (Lipinski definition) is 2. The first-order valence-corrected chi connectivity index (χ1v) is 10.4. The van der Waals surface area contributed by atoms with Crippen LogP contribution in [0.2, 0.25) is 0 Å². The van der Waals surface area contributed by atoms with E-state index in [0.29, 0.717) is 17.8 Å². The van der Waals surface area contributed by atoms with E-state index in [1.165, 1.54) is 18.5 Å². The van der Waals surface area contributed by atoms with E-state index in [2.05, 4.69) is 39.4 Å². The predicted molar refractivity (Wildman–Crippen MR) is 113 cm³/mol. The monoisotopic (exact) mass is 419 g/mol. The molecule has 0 unspecified atom stereocenters. The van der Waals surface area contributed by atoms with E-state index in [4.69, 9.17) is 0 Å². The van der Waals surface area contributed by atoms with E-state index >= 15 is 0 Å². The van der Waals surface area contributed by atoms with Crippen LogP contribution in [-0.4, -0.2) is 35.4 Å². The molecule has 2 aliphatic rings. The van der Waals surface area contributed by atoms with Gasteiger partial charge >= 0.3 is 6.18 Å². The van der Waals surface area contributed by atoms with E-state index < -0.39 is 11.7 Å². The second kappa shape index (κ2) is 9.93. The second-order valence-corrected chi connectivity index (χ2v) is 7.43. The number of unbranched alkanes of at least 4 members (excludes halogenated alkanes) is 2. The molecule has 0 amide bonds. The predicted octanol–water partition coefficient (Wildman–Crippen LogP) is 4.67. The van der Waals surface area contributed by atoms with Gasteiger partial charge in [0.15, 0.2) is 0 Å². The Morgan fingerprint density at radius 1 is 1.07 bits per heavy atom. The number of nitrogens with one attached hydrogen (secondary N) is 2. The van der Waals surface area contributed by atoms with Crippen molar-refractivity contribution in [2.24, 2.45) is 4.99 Å². The van der Waals surface area contributed by atoms with Gasteiger partial charge in [0, 0.05) is 18.0 Å². The van der Waals surface area contributed by atoms with Crippen molar-refractivity contribution in [2.45, 2.75) is 45.7 Å². The number of nitrogens with zero attached hydrogens (tertiary/aromatic N) is 3. The van der Waals surface area contributed by atoms with Crippen LogP contribution in [0.3, 0.4) is 0 Å². The fraction of sp³-hybridized carbons (Fsp3) is 0.455. The summed E-state index contributed by atoms with van der Waals surface area (Å²) in [5, 5.41) is 6.32. The summed E-state index contributed by atoms with van der Waals surface area (Å²) >= 11 is 0. The van der Waals surface area contributed by atoms with E-state index in [0.717, 1.165) is 56.4 Å². The van der Waals surface area contributed by atoms with Crippen LogP contribution in [0.5, 0.6) is 0 Å². The number of pyridine rings is 1. The average Bonchev–Trinajstić information content (AvgIpc) is 2.74. The summed E-state index contributed by atoms with van der Waals surface area (Å²) < 4.78 is 40.2. The number of halogens is 3. The lowest BCUT2D eigenvalue weighted by molar-refractivity contribution is -0.138. The van der Waals surface area contributed by atoms with E-state index in [9.17, 15) is 13.2 Å². The van der Waals surface area contributed by atoms with Crippen molar-refractivity contribution < 1.29 is 13.2 Å². The lowest BCUT2D eigenvalue weighted by Crippen LogP contribution is -2.40. The topological polar surface area (TPSA) is 52.5 Å². The zero-order chi connectivity index (χ0) is 21.6. The van der Waals surface area contributed by atoms with Crippen LogP contribution >= 0.6 is 0 Å². The Bertz CT molecular complexity index is 860. The van der Waals surface area contributed by atoms with E-state index in [1.807, 2.05) is 0 Å². The highest BCUT2D eigenvalue weighted by atomic mass is 19.4. The van der Waals surface area contributed by atoms with E-state index in [1.54, 1.807) is 12.3 Å². The van der Waals surface area contributed by atoms with Crippen LogP contribution < -0.4 is 10.6 Å². The fourth-order valence-electron chi connectivity index (χ4n) is 3.37. The summed E-state index contributed by atoms with van der Waals surface area (Å²) in [6, 6.07) is 2.35. The average molecular weight is 419 g/mol. The van der Waals surface area contributed by atoms with Gasteiger partial charge in [-0.2, -0.15) is 13.2 Å². The summed E-state index contributed by atoms with van der Waals surface area (Å²) in [7, 11) is 0.